The molecule has 6 heteroatoms. The van der Waals surface area contributed by atoms with Crippen LogP contribution in [0, 0.1) is 10.1 Å². The molecular weight excluding hydrogens is 246 g/mol. The van der Waals surface area contributed by atoms with Crippen LogP contribution in [0.1, 0.15) is 13.8 Å². The number of rotatable bonds is 3. The highest BCUT2D eigenvalue weighted by atomic mass is 16.6. The van der Waals surface area contributed by atoms with E-state index in [0.29, 0.717) is 5.39 Å². The van der Waals surface area contributed by atoms with Crippen LogP contribution in [0.15, 0.2) is 30.5 Å². The molecule has 0 unspecified atom stereocenters. The number of aromatic hydroxyl groups is 1. The standard InChI is InChI=1S/C9H6N2O3.C4H11N/c12-8-4-3-7(11(13)14)6-2-1-5-10-9(6)8;1-3-5-4-2/h1-5,12H;5H,3-4H2,1-2H3. The molecule has 0 bridgehead atoms. The van der Waals surface area contributed by atoms with E-state index in [1.165, 1.54) is 18.3 Å². The molecule has 1 aromatic heterocycles. The van der Waals surface area contributed by atoms with Crippen molar-refractivity contribution in [2.75, 3.05) is 13.1 Å². The number of aromatic nitrogens is 1. The molecule has 0 fully saturated rings. The maximum Gasteiger partial charge on any atom is 0.279 e. The number of hydrogen-bond acceptors (Lipinski definition) is 5. The fraction of sp³-hybridized carbons (Fsp3) is 0.308. The van der Waals surface area contributed by atoms with Gasteiger partial charge in [0.1, 0.15) is 11.3 Å². The van der Waals surface area contributed by atoms with Gasteiger partial charge in [0.2, 0.25) is 0 Å². The number of nitro benzene ring substituents is 1. The van der Waals surface area contributed by atoms with Gasteiger partial charge in [-0.2, -0.15) is 0 Å². The summed E-state index contributed by atoms with van der Waals surface area (Å²) in [6.45, 7) is 6.39. The molecule has 0 aliphatic carbocycles. The number of nitro groups is 1. The molecule has 1 heterocycles. The highest BCUT2D eigenvalue weighted by molar-refractivity contribution is 5.91. The number of benzene rings is 1. The topological polar surface area (TPSA) is 88.3 Å². The molecule has 2 rings (SSSR count). The minimum Gasteiger partial charge on any atom is -0.506 e. The van der Waals surface area contributed by atoms with Crippen molar-refractivity contribution in [1.29, 1.82) is 0 Å². The quantitative estimate of drug-likeness (QED) is 0.656. The van der Waals surface area contributed by atoms with Crippen LogP contribution < -0.4 is 5.32 Å². The fourth-order valence-electron chi connectivity index (χ4n) is 1.55. The summed E-state index contributed by atoms with van der Waals surface area (Å²) in [5.74, 6) is -0.0498. The second-order valence-corrected chi connectivity index (χ2v) is 3.72. The zero-order valence-corrected chi connectivity index (χ0v) is 11.0. The van der Waals surface area contributed by atoms with Gasteiger partial charge in [-0.05, 0) is 31.3 Å². The highest BCUT2D eigenvalue weighted by Gasteiger charge is 2.13. The Kier molecular flexibility index (Phi) is 5.69. The van der Waals surface area contributed by atoms with E-state index >= 15 is 0 Å². The molecule has 102 valence electrons. The number of pyridine rings is 1. The predicted molar refractivity (Wildman–Crippen MR) is 74.3 cm³/mol. The van der Waals surface area contributed by atoms with Gasteiger partial charge in [-0.1, -0.05) is 13.8 Å². The van der Waals surface area contributed by atoms with Crippen LogP contribution in [0.3, 0.4) is 0 Å². The van der Waals surface area contributed by atoms with Crippen molar-refractivity contribution in [3.05, 3.63) is 40.6 Å². The first-order valence-electron chi connectivity index (χ1n) is 6.03. The molecule has 6 nitrogen and oxygen atoms in total. The number of hydrogen-bond donors (Lipinski definition) is 2. The van der Waals surface area contributed by atoms with Gasteiger partial charge in [-0.3, -0.25) is 15.1 Å². The van der Waals surface area contributed by atoms with E-state index in [9.17, 15) is 15.2 Å². The monoisotopic (exact) mass is 263 g/mol. The normalized spacial score (nSPS) is 9.79. The third-order valence-electron chi connectivity index (χ3n) is 2.42. The van der Waals surface area contributed by atoms with Gasteiger partial charge in [0, 0.05) is 12.3 Å². The third-order valence-corrected chi connectivity index (χ3v) is 2.42. The van der Waals surface area contributed by atoms with Crippen molar-refractivity contribution in [3.63, 3.8) is 0 Å². The number of nitrogens with zero attached hydrogens (tertiary/aromatic N) is 2. The summed E-state index contributed by atoms with van der Waals surface area (Å²) < 4.78 is 0. The Morgan fingerprint density at radius 2 is 2.00 bits per heavy atom. The summed E-state index contributed by atoms with van der Waals surface area (Å²) in [6.07, 6.45) is 1.48. The van der Waals surface area contributed by atoms with Crippen molar-refractivity contribution in [2.45, 2.75) is 13.8 Å². The Morgan fingerprint density at radius 1 is 1.32 bits per heavy atom. The van der Waals surface area contributed by atoms with Crippen LogP contribution in [0.25, 0.3) is 10.9 Å². The van der Waals surface area contributed by atoms with Crippen LogP contribution in [0.4, 0.5) is 5.69 Å². The Morgan fingerprint density at radius 3 is 2.53 bits per heavy atom. The van der Waals surface area contributed by atoms with Crippen molar-refractivity contribution in [3.8, 4) is 5.75 Å². The summed E-state index contributed by atoms with van der Waals surface area (Å²) in [7, 11) is 0. The molecule has 19 heavy (non-hydrogen) atoms. The van der Waals surface area contributed by atoms with Crippen LogP contribution in [0.5, 0.6) is 5.75 Å². The van der Waals surface area contributed by atoms with Crippen LogP contribution in [-0.4, -0.2) is 28.1 Å². The molecule has 0 saturated carbocycles. The molecule has 0 radical (unpaired) electrons. The number of fused-ring (bicyclic) bond motifs is 1. The second kappa shape index (κ2) is 7.27. The summed E-state index contributed by atoms with van der Waals surface area (Å²) in [5.41, 5.74) is 0.201. The van der Waals surface area contributed by atoms with E-state index in [1.54, 1.807) is 12.1 Å². The lowest BCUT2D eigenvalue weighted by molar-refractivity contribution is -0.383. The summed E-state index contributed by atoms with van der Waals surface area (Å²) in [6, 6.07) is 5.68. The minimum atomic E-state index is -0.497. The molecule has 1 aromatic carbocycles. The van der Waals surface area contributed by atoms with E-state index in [1.807, 2.05) is 0 Å². The maximum absolute atomic E-state index is 10.6. The molecule has 0 saturated heterocycles. The molecule has 0 atom stereocenters. The Bertz CT molecular complexity index is 556. The van der Waals surface area contributed by atoms with Gasteiger partial charge in [0.25, 0.3) is 5.69 Å². The third kappa shape index (κ3) is 3.89. The average molecular weight is 263 g/mol. The van der Waals surface area contributed by atoms with Gasteiger partial charge in [0.05, 0.1) is 10.3 Å². The molecule has 2 N–H and O–H groups in total. The summed E-state index contributed by atoms with van der Waals surface area (Å²) in [4.78, 5) is 14.0. The molecule has 0 aliphatic rings. The Hall–Kier alpha value is -2.21. The van der Waals surface area contributed by atoms with E-state index < -0.39 is 4.92 Å². The average Bonchev–Trinajstić information content (AvgIpc) is 2.41. The van der Waals surface area contributed by atoms with Crippen molar-refractivity contribution >= 4 is 16.6 Å². The smallest absolute Gasteiger partial charge is 0.279 e. The van der Waals surface area contributed by atoms with E-state index in [0.717, 1.165) is 13.1 Å². The van der Waals surface area contributed by atoms with Crippen LogP contribution in [0.2, 0.25) is 0 Å². The lowest BCUT2D eigenvalue weighted by atomic mass is 10.2. The molecule has 0 aliphatic heterocycles. The van der Waals surface area contributed by atoms with Gasteiger partial charge in [-0.25, -0.2) is 0 Å². The molecular formula is C13H17N3O3. The van der Waals surface area contributed by atoms with Crippen molar-refractivity contribution < 1.29 is 10.0 Å². The molecule has 0 amide bonds. The fourth-order valence-corrected chi connectivity index (χ4v) is 1.55. The van der Waals surface area contributed by atoms with E-state index in [2.05, 4.69) is 24.1 Å². The summed E-state index contributed by atoms with van der Waals surface area (Å²) >= 11 is 0. The van der Waals surface area contributed by atoms with Crippen LogP contribution >= 0.6 is 0 Å². The first-order valence-corrected chi connectivity index (χ1v) is 6.03. The zero-order valence-electron chi connectivity index (χ0n) is 11.0. The number of non-ortho nitro benzene ring substituents is 1. The Balaban J connectivity index is 0.000000312. The van der Waals surface area contributed by atoms with Gasteiger partial charge < -0.3 is 10.4 Å². The minimum absolute atomic E-state index is 0.0498. The molecule has 0 spiro atoms. The second-order valence-electron chi connectivity index (χ2n) is 3.72. The lowest BCUT2D eigenvalue weighted by Crippen LogP contribution is -2.09. The maximum atomic E-state index is 10.6. The van der Waals surface area contributed by atoms with E-state index in [-0.39, 0.29) is 17.0 Å². The van der Waals surface area contributed by atoms with Gasteiger partial charge >= 0.3 is 0 Å². The SMILES string of the molecule is CCNCC.O=[N+]([O-])c1ccc(O)c2ncccc12. The van der Waals surface area contributed by atoms with Crippen molar-refractivity contribution in [1.82, 2.24) is 10.3 Å². The highest BCUT2D eigenvalue weighted by Crippen LogP contribution is 2.29. The lowest BCUT2D eigenvalue weighted by Gasteiger charge is -1.99. The number of phenols is 1. The first-order chi connectivity index (χ1) is 9.11. The largest absolute Gasteiger partial charge is 0.506 e. The van der Waals surface area contributed by atoms with Crippen molar-refractivity contribution in [2.24, 2.45) is 0 Å². The van der Waals surface area contributed by atoms with Gasteiger partial charge in [0.15, 0.2) is 0 Å². The molecule has 2 aromatic rings. The zero-order chi connectivity index (χ0) is 14.3. The van der Waals surface area contributed by atoms with Gasteiger partial charge in [-0.15, -0.1) is 0 Å². The van der Waals surface area contributed by atoms with Crippen LogP contribution in [-0.2, 0) is 0 Å². The number of nitrogens with one attached hydrogen (secondary N) is 1. The predicted octanol–water partition coefficient (Wildman–Crippen LogP) is 2.46. The Labute approximate surface area is 111 Å². The first kappa shape index (κ1) is 14.8. The number of phenolic OH excluding ortho intramolecular Hbond substituents is 1. The van der Waals surface area contributed by atoms with E-state index in [4.69, 9.17) is 0 Å². The summed E-state index contributed by atoms with van der Waals surface area (Å²) in [5, 5.41) is 23.5.